The summed E-state index contributed by atoms with van der Waals surface area (Å²) >= 11 is 0. The monoisotopic (exact) mass is 227 g/mol. The van der Waals surface area contributed by atoms with Gasteiger partial charge in [0, 0.05) is 12.1 Å². The molecule has 1 aliphatic rings. The van der Waals surface area contributed by atoms with E-state index in [0.717, 1.165) is 11.4 Å². The predicted molar refractivity (Wildman–Crippen MR) is 69.4 cm³/mol. The minimum absolute atomic E-state index is 0.684. The molecule has 3 heteroatoms. The molecular formula is C14H17N3. The Bertz CT molecular complexity index is 565. The molecule has 0 aliphatic heterocycles. The molecule has 0 bridgehead atoms. The highest BCUT2D eigenvalue weighted by Gasteiger charge is 2.26. The fourth-order valence-corrected chi connectivity index (χ4v) is 2.09. The molecule has 1 aromatic heterocycles. The van der Waals surface area contributed by atoms with E-state index < -0.39 is 0 Å². The summed E-state index contributed by atoms with van der Waals surface area (Å²) in [6.45, 7) is 4.18. The molecule has 1 aliphatic carbocycles. The summed E-state index contributed by atoms with van der Waals surface area (Å²) in [4.78, 5) is 0. The van der Waals surface area contributed by atoms with E-state index in [0.29, 0.717) is 5.92 Å². The van der Waals surface area contributed by atoms with Gasteiger partial charge in [0.05, 0.1) is 17.1 Å². The molecule has 2 aromatic rings. The van der Waals surface area contributed by atoms with Crippen LogP contribution in [0.5, 0.6) is 0 Å². The molecule has 0 saturated heterocycles. The number of benzene rings is 1. The summed E-state index contributed by atoms with van der Waals surface area (Å²) in [5, 5.41) is 4.61. The number of aromatic nitrogens is 2. The lowest BCUT2D eigenvalue weighted by Gasteiger charge is -2.09. The molecule has 88 valence electrons. The van der Waals surface area contributed by atoms with Crippen LogP contribution in [-0.4, -0.2) is 9.78 Å². The van der Waals surface area contributed by atoms with Gasteiger partial charge >= 0.3 is 0 Å². The maximum atomic E-state index is 6.06. The van der Waals surface area contributed by atoms with E-state index in [2.05, 4.69) is 31.1 Å². The SMILES string of the molecule is Cc1cc(N)c(-n2ccc(C3CC3)n2)cc1C. The number of anilines is 1. The number of hydrogen-bond acceptors (Lipinski definition) is 2. The lowest BCUT2D eigenvalue weighted by molar-refractivity contribution is 0.838. The molecule has 0 amide bonds. The Morgan fingerprint density at radius 3 is 2.65 bits per heavy atom. The largest absolute Gasteiger partial charge is 0.397 e. The average Bonchev–Trinajstić information content (AvgIpc) is 3.03. The molecule has 0 unspecified atom stereocenters. The van der Waals surface area contributed by atoms with Crippen LogP contribution in [-0.2, 0) is 0 Å². The van der Waals surface area contributed by atoms with Crippen molar-refractivity contribution in [2.45, 2.75) is 32.6 Å². The molecule has 17 heavy (non-hydrogen) atoms. The lowest BCUT2D eigenvalue weighted by atomic mass is 10.1. The van der Waals surface area contributed by atoms with E-state index in [1.54, 1.807) is 0 Å². The van der Waals surface area contributed by atoms with Crippen molar-refractivity contribution in [3.8, 4) is 5.69 Å². The van der Waals surface area contributed by atoms with Crippen LogP contribution in [0.15, 0.2) is 24.4 Å². The van der Waals surface area contributed by atoms with Crippen LogP contribution in [0.4, 0.5) is 5.69 Å². The molecule has 1 saturated carbocycles. The van der Waals surface area contributed by atoms with E-state index >= 15 is 0 Å². The highest BCUT2D eigenvalue weighted by molar-refractivity contribution is 5.60. The summed E-state index contributed by atoms with van der Waals surface area (Å²) in [5.41, 5.74) is 11.5. The highest BCUT2D eigenvalue weighted by Crippen LogP contribution is 2.39. The zero-order valence-electron chi connectivity index (χ0n) is 10.3. The van der Waals surface area contributed by atoms with E-state index in [4.69, 9.17) is 5.73 Å². The third-order valence-electron chi connectivity index (χ3n) is 3.50. The minimum Gasteiger partial charge on any atom is -0.397 e. The molecule has 1 fully saturated rings. The summed E-state index contributed by atoms with van der Waals surface area (Å²) < 4.78 is 1.90. The van der Waals surface area contributed by atoms with Crippen LogP contribution in [0.25, 0.3) is 5.69 Å². The van der Waals surface area contributed by atoms with Gasteiger partial charge in [0.2, 0.25) is 0 Å². The van der Waals surface area contributed by atoms with Crippen LogP contribution < -0.4 is 5.73 Å². The van der Waals surface area contributed by atoms with Crippen molar-refractivity contribution in [3.05, 3.63) is 41.2 Å². The van der Waals surface area contributed by atoms with Crippen LogP contribution in [0, 0.1) is 13.8 Å². The average molecular weight is 227 g/mol. The number of nitrogens with zero attached hydrogens (tertiary/aromatic N) is 2. The molecule has 0 spiro atoms. The van der Waals surface area contributed by atoms with Gasteiger partial charge in [-0.05, 0) is 56.0 Å². The van der Waals surface area contributed by atoms with Gasteiger partial charge in [0.1, 0.15) is 0 Å². The zero-order chi connectivity index (χ0) is 12.0. The fraction of sp³-hybridized carbons (Fsp3) is 0.357. The molecule has 0 atom stereocenters. The van der Waals surface area contributed by atoms with E-state index in [1.807, 2.05) is 16.9 Å². The number of hydrogen-bond donors (Lipinski definition) is 1. The topological polar surface area (TPSA) is 43.8 Å². The molecule has 3 rings (SSSR count). The smallest absolute Gasteiger partial charge is 0.0877 e. The third-order valence-corrected chi connectivity index (χ3v) is 3.50. The summed E-state index contributed by atoms with van der Waals surface area (Å²) in [5.74, 6) is 0.684. The first-order chi connectivity index (χ1) is 8.15. The standard InChI is InChI=1S/C14H17N3/c1-9-7-12(15)14(8-10(9)2)17-6-5-13(16-17)11-3-4-11/h5-8,11H,3-4,15H2,1-2H3. The Balaban J connectivity index is 2.04. The first-order valence-electron chi connectivity index (χ1n) is 6.08. The molecule has 3 nitrogen and oxygen atoms in total. The van der Waals surface area contributed by atoms with E-state index in [1.165, 1.54) is 29.7 Å². The Morgan fingerprint density at radius 1 is 1.24 bits per heavy atom. The predicted octanol–water partition coefficient (Wildman–Crippen LogP) is 2.95. The maximum absolute atomic E-state index is 6.06. The van der Waals surface area contributed by atoms with Crippen LogP contribution >= 0.6 is 0 Å². The summed E-state index contributed by atoms with van der Waals surface area (Å²) in [6, 6.07) is 6.23. The molecule has 1 heterocycles. The van der Waals surface area contributed by atoms with Crippen molar-refractivity contribution in [1.29, 1.82) is 0 Å². The van der Waals surface area contributed by atoms with Gasteiger partial charge in [-0.3, -0.25) is 0 Å². The van der Waals surface area contributed by atoms with Crippen molar-refractivity contribution in [1.82, 2.24) is 9.78 Å². The van der Waals surface area contributed by atoms with Gasteiger partial charge in [0.15, 0.2) is 0 Å². The van der Waals surface area contributed by atoms with Crippen LogP contribution in [0.1, 0.15) is 35.6 Å². The number of nitrogens with two attached hydrogens (primary N) is 1. The first kappa shape index (κ1) is 10.4. The van der Waals surface area contributed by atoms with Gasteiger partial charge in [-0.15, -0.1) is 0 Å². The Morgan fingerprint density at radius 2 is 1.94 bits per heavy atom. The quantitative estimate of drug-likeness (QED) is 0.802. The normalized spacial score (nSPS) is 15.2. The van der Waals surface area contributed by atoms with Crippen LogP contribution in [0.3, 0.4) is 0 Å². The Labute approximate surface area is 101 Å². The summed E-state index contributed by atoms with van der Waals surface area (Å²) in [7, 11) is 0. The second-order valence-corrected chi connectivity index (χ2v) is 4.95. The fourth-order valence-electron chi connectivity index (χ4n) is 2.09. The number of nitrogen functional groups attached to an aromatic ring is 1. The molecule has 2 N–H and O–H groups in total. The lowest BCUT2D eigenvalue weighted by Crippen LogP contribution is -2.02. The van der Waals surface area contributed by atoms with Gasteiger partial charge < -0.3 is 5.73 Å². The van der Waals surface area contributed by atoms with E-state index in [-0.39, 0.29) is 0 Å². The Hall–Kier alpha value is -1.77. The van der Waals surface area contributed by atoms with Gasteiger partial charge in [0.25, 0.3) is 0 Å². The maximum Gasteiger partial charge on any atom is 0.0877 e. The molecule has 0 radical (unpaired) electrons. The molecule has 1 aromatic carbocycles. The second-order valence-electron chi connectivity index (χ2n) is 4.95. The van der Waals surface area contributed by atoms with Gasteiger partial charge in [-0.2, -0.15) is 5.10 Å². The minimum atomic E-state index is 0.684. The van der Waals surface area contributed by atoms with Crippen molar-refractivity contribution in [2.24, 2.45) is 0 Å². The van der Waals surface area contributed by atoms with E-state index in [9.17, 15) is 0 Å². The van der Waals surface area contributed by atoms with Crippen molar-refractivity contribution >= 4 is 5.69 Å². The van der Waals surface area contributed by atoms with Crippen molar-refractivity contribution < 1.29 is 0 Å². The second kappa shape index (κ2) is 3.62. The van der Waals surface area contributed by atoms with Crippen LogP contribution in [0.2, 0.25) is 0 Å². The number of rotatable bonds is 2. The highest BCUT2D eigenvalue weighted by atomic mass is 15.3. The van der Waals surface area contributed by atoms with Gasteiger partial charge in [-0.1, -0.05) is 0 Å². The Kier molecular flexibility index (Phi) is 2.21. The van der Waals surface area contributed by atoms with Crippen molar-refractivity contribution in [3.63, 3.8) is 0 Å². The number of aryl methyl sites for hydroxylation is 2. The molecular weight excluding hydrogens is 210 g/mol. The van der Waals surface area contributed by atoms with Gasteiger partial charge in [-0.25, -0.2) is 4.68 Å². The summed E-state index contributed by atoms with van der Waals surface area (Å²) in [6.07, 6.45) is 4.56. The first-order valence-corrected chi connectivity index (χ1v) is 6.08. The zero-order valence-corrected chi connectivity index (χ0v) is 10.3. The van der Waals surface area contributed by atoms with Crippen molar-refractivity contribution in [2.75, 3.05) is 5.73 Å². The third kappa shape index (κ3) is 1.82.